The van der Waals surface area contributed by atoms with E-state index in [0.29, 0.717) is 0 Å². The zero-order valence-electron chi connectivity index (χ0n) is 8.68. The van der Waals surface area contributed by atoms with Crippen molar-refractivity contribution in [2.24, 2.45) is 0 Å². The van der Waals surface area contributed by atoms with Crippen molar-refractivity contribution in [3.63, 3.8) is 0 Å². The van der Waals surface area contributed by atoms with Crippen molar-refractivity contribution in [1.29, 1.82) is 0 Å². The number of aliphatic hydroxyl groups is 2. The SMILES string of the molecule is CC(O)C(CO)OCn1ccnc1[N+](=O)[O-]. The van der Waals surface area contributed by atoms with E-state index in [4.69, 9.17) is 9.84 Å². The molecule has 16 heavy (non-hydrogen) atoms. The van der Waals surface area contributed by atoms with Crippen LogP contribution in [0.5, 0.6) is 0 Å². The van der Waals surface area contributed by atoms with Gasteiger partial charge in [0, 0.05) is 0 Å². The first-order valence-electron chi connectivity index (χ1n) is 4.62. The molecule has 1 heterocycles. The zero-order chi connectivity index (χ0) is 12.1. The van der Waals surface area contributed by atoms with Crippen LogP contribution in [0, 0.1) is 10.1 Å². The average molecular weight is 231 g/mol. The van der Waals surface area contributed by atoms with Crippen molar-refractivity contribution in [3.05, 3.63) is 22.5 Å². The van der Waals surface area contributed by atoms with Crippen LogP contribution in [-0.4, -0.2) is 43.5 Å². The number of aliphatic hydroxyl groups excluding tert-OH is 2. The quantitative estimate of drug-likeness (QED) is 0.504. The summed E-state index contributed by atoms with van der Waals surface area (Å²) in [5.74, 6) is -0.345. The third-order valence-corrected chi connectivity index (χ3v) is 2.00. The molecule has 1 aromatic rings. The summed E-state index contributed by atoms with van der Waals surface area (Å²) in [6.45, 7) is 0.954. The molecule has 0 bridgehead atoms. The zero-order valence-corrected chi connectivity index (χ0v) is 8.68. The standard InChI is InChI=1S/C8H13N3O5/c1-6(13)7(4-12)16-5-10-3-2-9-8(10)11(14)15/h2-3,6-7,12-13H,4-5H2,1H3. The Bertz CT molecular complexity index is 351. The number of nitro groups is 1. The number of rotatable bonds is 6. The highest BCUT2D eigenvalue weighted by molar-refractivity contribution is 5.05. The van der Waals surface area contributed by atoms with Gasteiger partial charge in [0.1, 0.15) is 18.5 Å². The van der Waals surface area contributed by atoms with Crippen LogP contribution in [0.15, 0.2) is 12.4 Å². The number of nitrogens with zero attached hydrogens (tertiary/aromatic N) is 3. The van der Waals surface area contributed by atoms with Crippen LogP contribution in [0.4, 0.5) is 5.95 Å². The lowest BCUT2D eigenvalue weighted by molar-refractivity contribution is -0.397. The van der Waals surface area contributed by atoms with Gasteiger partial charge in [0.2, 0.25) is 0 Å². The molecular weight excluding hydrogens is 218 g/mol. The third kappa shape index (κ3) is 2.99. The van der Waals surface area contributed by atoms with E-state index in [0.717, 1.165) is 0 Å². The van der Waals surface area contributed by atoms with E-state index in [1.165, 1.54) is 23.9 Å². The largest absolute Gasteiger partial charge is 0.436 e. The summed E-state index contributed by atoms with van der Waals surface area (Å²) in [6, 6.07) is 0. The molecule has 2 N–H and O–H groups in total. The lowest BCUT2D eigenvalue weighted by Crippen LogP contribution is -2.30. The molecule has 0 aliphatic heterocycles. The minimum absolute atomic E-state index is 0.146. The molecule has 0 amide bonds. The summed E-state index contributed by atoms with van der Waals surface area (Å²) >= 11 is 0. The van der Waals surface area contributed by atoms with Gasteiger partial charge < -0.3 is 25.1 Å². The number of imidazole rings is 1. The lowest BCUT2D eigenvalue weighted by Gasteiger charge is -2.17. The highest BCUT2D eigenvalue weighted by Gasteiger charge is 2.18. The summed E-state index contributed by atoms with van der Waals surface area (Å²) < 4.78 is 6.28. The minimum atomic E-state index is -0.854. The molecule has 0 aliphatic carbocycles. The maximum atomic E-state index is 10.5. The van der Waals surface area contributed by atoms with E-state index in [2.05, 4.69) is 4.98 Å². The van der Waals surface area contributed by atoms with Crippen LogP contribution < -0.4 is 0 Å². The Morgan fingerprint density at radius 1 is 1.75 bits per heavy atom. The lowest BCUT2D eigenvalue weighted by atomic mass is 10.2. The molecule has 0 saturated carbocycles. The van der Waals surface area contributed by atoms with Gasteiger partial charge in [-0.25, -0.2) is 4.57 Å². The average Bonchev–Trinajstić information content (AvgIpc) is 2.66. The summed E-state index contributed by atoms with van der Waals surface area (Å²) in [6.07, 6.45) is 1.03. The number of ether oxygens (including phenoxy) is 1. The molecule has 0 fully saturated rings. The topological polar surface area (TPSA) is 111 Å². The fraction of sp³-hybridized carbons (Fsp3) is 0.625. The molecule has 2 atom stereocenters. The van der Waals surface area contributed by atoms with Crippen LogP contribution >= 0.6 is 0 Å². The van der Waals surface area contributed by atoms with Gasteiger partial charge in [-0.1, -0.05) is 4.98 Å². The molecule has 8 heteroatoms. The molecule has 0 radical (unpaired) electrons. The Hall–Kier alpha value is -1.51. The molecule has 90 valence electrons. The fourth-order valence-corrected chi connectivity index (χ4v) is 1.09. The molecule has 0 aliphatic rings. The normalized spacial score (nSPS) is 14.7. The second-order valence-electron chi connectivity index (χ2n) is 3.21. The Morgan fingerprint density at radius 3 is 2.94 bits per heavy atom. The highest BCUT2D eigenvalue weighted by Crippen LogP contribution is 2.09. The van der Waals surface area contributed by atoms with Crippen molar-refractivity contribution >= 4 is 5.95 Å². The van der Waals surface area contributed by atoms with Gasteiger partial charge in [0.05, 0.1) is 12.7 Å². The Morgan fingerprint density at radius 2 is 2.44 bits per heavy atom. The number of aromatic nitrogens is 2. The van der Waals surface area contributed by atoms with Crippen molar-refractivity contribution in [3.8, 4) is 0 Å². The molecule has 8 nitrogen and oxygen atoms in total. The van der Waals surface area contributed by atoms with Crippen LogP contribution in [0.3, 0.4) is 0 Å². The summed E-state index contributed by atoms with van der Waals surface area (Å²) in [5.41, 5.74) is 0. The Labute approximate surface area is 91.2 Å². The van der Waals surface area contributed by atoms with Crippen LogP contribution in [-0.2, 0) is 11.5 Å². The molecule has 0 aromatic carbocycles. The van der Waals surface area contributed by atoms with Crippen molar-refractivity contribution in [2.45, 2.75) is 25.9 Å². The van der Waals surface area contributed by atoms with Crippen molar-refractivity contribution < 1.29 is 19.9 Å². The van der Waals surface area contributed by atoms with Crippen molar-refractivity contribution in [2.75, 3.05) is 6.61 Å². The Balaban J connectivity index is 2.60. The minimum Gasteiger partial charge on any atom is -0.394 e. The monoisotopic (exact) mass is 231 g/mol. The summed E-state index contributed by atoms with van der Waals surface area (Å²) in [5, 5.41) is 28.5. The third-order valence-electron chi connectivity index (χ3n) is 2.00. The number of hydrogen-bond acceptors (Lipinski definition) is 6. The molecular formula is C8H13N3O5. The molecule has 0 spiro atoms. The predicted octanol–water partition coefficient (Wildman–Crippen LogP) is -0.493. The highest BCUT2D eigenvalue weighted by atomic mass is 16.6. The van der Waals surface area contributed by atoms with Crippen LogP contribution in [0.1, 0.15) is 6.92 Å². The molecule has 1 aromatic heterocycles. The first-order valence-corrected chi connectivity index (χ1v) is 4.62. The van der Waals surface area contributed by atoms with E-state index in [1.54, 1.807) is 0 Å². The predicted molar refractivity (Wildman–Crippen MR) is 52.5 cm³/mol. The Kier molecular flexibility index (Phi) is 4.35. The van der Waals surface area contributed by atoms with Crippen LogP contribution in [0.25, 0.3) is 0 Å². The van der Waals surface area contributed by atoms with Gasteiger partial charge in [-0.2, -0.15) is 0 Å². The fourth-order valence-electron chi connectivity index (χ4n) is 1.09. The van der Waals surface area contributed by atoms with E-state index in [1.807, 2.05) is 0 Å². The second kappa shape index (κ2) is 5.54. The summed E-state index contributed by atoms with van der Waals surface area (Å²) in [4.78, 5) is 13.4. The maximum Gasteiger partial charge on any atom is 0.436 e. The molecule has 2 unspecified atom stereocenters. The second-order valence-corrected chi connectivity index (χ2v) is 3.21. The van der Waals surface area contributed by atoms with E-state index in [9.17, 15) is 15.2 Å². The number of hydrogen-bond donors (Lipinski definition) is 2. The van der Waals surface area contributed by atoms with Gasteiger partial charge in [-0.3, -0.25) is 0 Å². The van der Waals surface area contributed by atoms with E-state index in [-0.39, 0.29) is 19.3 Å². The smallest absolute Gasteiger partial charge is 0.394 e. The van der Waals surface area contributed by atoms with Gasteiger partial charge in [0.25, 0.3) is 0 Å². The van der Waals surface area contributed by atoms with Gasteiger partial charge in [-0.05, 0) is 11.8 Å². The van der Waals surface area contributed by atoms with E-state index < -0.39 is 17.1 Å². The van der Waals surface area contributed by atoms with Gasteiger partial charge in [0.15, 0.2) is 6.73 Å². The molecule has 1 rings (SSSR count). The van der Waals surface area contributed by atoms with Crippen molar-refractivity contribution in [1.82, 2.24) is 9.55 Å². The van der Waals surface area contributed by atoms with Gasteiger partial charge in [-0.15, -0.1) is 0 Å². The summed E-state index contributed by atoms with van der Waals surface area (Å²) in [7, 11) is 0. The maximum absolute atomic E-state index is 10.5. The van der Waals surface area contributed by atoms with Gasteiger partial charge >= 0.3 is 5.95 Å². The van der Waals surface area contributed by atoms with Crippen LogP contribution in [0.2, 0.25) is 0 Å². The molecule has 0 saturated heterocycles. The first-order chi connectivity index (χ1) is 7.56. The van der Waals surface area contributed by atoms with E-state index >= 15 is 0 Å². The first kappa shape index (κ1) is 12.6.